The molecule has 0 unspecified atom stereocenters. The molecule has 0 aliphatic rings. The Balaban J connectivity index is 1.25. The number of aryl methyl sites for hydroxylation is 1. The van der Waals surface area contributed by atoms with Crippen molar-refractivity contribution in [3.63, 3.8) is 0 Å². The van der Waals surface area contributed by atoms with E-state index < -0.39 is 0 Å². The summed E-state index contributed by atoms with van der Waals surface area (Å²) in [4.78, 5) is 16.3. The van der Waals surface area contributed by atoms with Crippen LogP contribution in [0.5, 0.6) is 5.75 Å². The van der Waals surface area contributed by atoms with Gasteiger partial charge in [0.05, 0.1) is 23.4 Å². The zero-order valence-corrected chi connectivity index (χ0v) is 24.5. The van der Waals surface area contributed by atoms with E-state index in [1.54, 1.807) is 42.5 Å². The predicted octanol–water partition coefficient (Wildman–Crippen LogP) is 9.22. The van der Waals surface area contributed by atoms with Gasteiger partial charge in [0, 0.05) is 28.9 Å². The van der Waals surface area contributed by atoms with Crippen molar-refractivity contribution in [2.45, 2.75) is 20.1 Å². The van der Waals surface area contributed by atoms with Crippen molar-refractivity contribution in [1.29, 1.82) is 0 Å². The molecule has 5 aromatic rings. The van der Waals surface area contributed by atoms with Crippen LogP contribution in [-0.4, -0.2) is 22.6 Å². The Kier molecular flexibility index (Phi) is 9.06. The molecule has 212 valence electrons. The van der Waals surface area contributed by atoms with Gasteiger partial charge in [-0.25, -0.2) is 14.2 Å². The minimum Gasteiger partial charge on any atom is -0.489 e. The van der Waals surface area contributed by atoms with Gasteiger partial charge in [0.15, 0.2) is 0 Å². The number of esters is 1. The van der Waals surface area contributed by atoms with E-state index in [2.05, 4.69) is 0 Å². The highest BCUT2D eigenvalue weighted by molar-refractivity contribution is 6.36. The van der Waals surface area contributed by atoms with Crippen LogP contribution in [-0.2, 0) is 17.9 Å². The zero-order valence-electron chi connectivity index (χ0n) is 23.0. The van der Waals surface area contributed by atoms with Crippen LogP contribution in [0.3, 0.4) is 0 Å². The molecule has 0 bridgehead atoms. The SMILES string of the molecule is CCn1cc(-c2ccc(Cl)cc2Cl)nc1C=Cc1ccc(-c2ccc(OCc3ccc(C(=O)OC)cc3)cc2)cc1F. The molecular formula is C34H27Cl2FN2O3. The molecule has 4 aromatic carbocycles. The summed E-state index contributed by atoms with van der Waals surface area (Å²) in [6, 6.07) is 25.0. The van der Waals surface area contributed by atoms with E-state index >= 15 is 4.39 Å². The van der Waals surface area contributed by atoms with Gasteiger partial charge in [0.1, 0.15) is 24.0 Å². The lowest BCUT2D eigenvalue weighted by Gasteiger charge is -2.09. The lowest BCUT2D eigenvalue weighted by molar-refractivity contribution is 0.0600. The number of hydrogen-bond donors (Lipinski definition) is 0. The van der Waals surface area contributed by atoms with Gasteiger partial charge in [0.2, 0.25) is 0 Å². The van der Waals surface area contributed by atoms with Crippen LogP contribution in [0.15, 0.2) is 91.1 Å². The molecule has 8 heteroatoms. The molecule has 1 heterocycles. The third kappa shape index (κ3) is 6.73. The maximum absolute atomic E-state index is 15.1. The Labute approximate surface area is 253 Å². The maximum atomic E-state index is 15.1. The highest BCUT2D eigenvalue weighted by atomic mass is 35.5. The Bertz CT molecular complexity index is 1750. The third-order valence-corrected chi connectivity index (χ3v) is 7.28. The molecule has 1 aromatic heterocycles. The highest BCUT2D eigenvalue weighted by Gasteiger charge is 2.11. The molecule has 0 aliphatic carbocycles. The van der Waals surface area contributed by atoms with Crippen LogP contribution in [0, 0.1) is 5.82 Å². The quantitative estimate of drug-likeness (QED) is 0.158. The number of carbonyl (C=O) groups excluding carboxylic acids is 1. The number of halogens is 3. The van der Waals surface area contributed by atoms with Crippen molar-refractivity contribution in [3.8, 4) is 28.1 Å². The average molecular weight is 602 g/mol. The second kappa shape index (κ2) is 13.1. The molecule has 5 nitrogen and oxygen atoms in total. The molecule has 0 aliphatic heterocycles. The fourth-order valence-electron chi connectivity index (χ4n) is 4.41. The Hall–Kier alpha value is -4.39. The summed E-state index contributed by atoms with van der Waals surface area (Å²) in [7, 11) is 1.35. The van der Waals surface area contributed by atoms with Gasteiger partial charge in [0.25, 0.3) is 0 Å². The number of ether oxygens (including phenoxy) is 2. The molecule has 0 saturated carbocycles. The van der Waals surface area contributed by atoms with Crippen molar-refractivity contribution in [3.05, 3.63) is 130 Å². The average Bonchev–Trinajstić information content (AvgIpc) is 3.42. The third-order valence-electron chi connectivity index (χ3n) is 6.74. The summed E-state index contributed by atoms with van der Waals surface area (Å²) >= 11 is 12.4. The number of aromatic nitrogens is 2. The minimum absolute atomic E-state index is 0.338. The number of imidazole rings is 1. The van der Waals surface area contributed by atoms with Gasteiger partial charge >= 0.3 is 5.97 Å². The fraction of sp³-hybridized carbons (Fsp3) is 0.118. The van der Waals surface area contributed by atoms with E-state index in [1.807, 2.05) is 66.2 Å². The second-order valence-corrected chi connectivity index (χ2v) is 10.3. The van der Waals surface area contributed by atoms with Gasteiger partial charge in [-0.15, -0.1) is 0 Å². The highest BCUT2D eigenvalue weighted by Crippen LogP contribution is 2.30. The standard InChI is InChI=1S/C34H27Cl2FN2O3/c1-3-39-20-32(29-16-13-27(35)19-30(29)36)38-33(39)17-12-24-8-9-26(18-31(24)37)23-10-14-28(15-11-23)42-21-22-4-6-25(7-5-22)34(40)41-2/h4-20H,3,21H2,1-2H3. The summed E-state index contributed by atoms with van der Waals surface area (Å²) in [6.45, 7) is 3.06. The number of carbonyl (C=O) groups is 1. The van der Waals surface area contributed by atoms with Crippen LogP contribution in [0.2, 0.25) is 10.0 Å². The van der Waals surface area contributed by atoms with E-state index in [-0.39, 0.29) is 11.8 Å². The van der Waals surface area contributed by atoms with Crippen LogP contribution in [0.4, 0.5) is 4.39 Å². The van der Waals surface area contributed by atoms with Crippen LogP contribution < -0.4 is 4.74 Å². The number of benzene rings is 4. The first-order valence-electron chi connectivity index (χ1n) is 13.3. The van der Waals surface area contributed by atoms with E-state index in [0.717, 1.165) is 27.9 Å². The Morgan fingerprint density at radius 2 is 1.67 bits per heavy atom. The first kappa shape index (κ1) is 29.1. The topological polar surface area (TPSA) is 53.4 Å². The monoisotopic (exact) mass is 600 g/mol. The Morgan fingerprint density at radius 3 is 2.33 bits per heavy atom. The molecule has 0 fully saturated rings. The van der Waals surface area contributed by atoms with E-state index in [1.165, 1.54) is 13.2 Å². The number of hydrogen-bond acceptors (Lipinski definition) is 4. The normalized spacial score (nSPS) is 11.2. The summed E-state index contributed by atoms with van der Waals surface area (Å²) in [6.07, 6.45) is 5.43. The molecule has 0 atom stereocenters. The Morgan fingerprint density at radius 1 is 0.929 bits per heavy atom. The molecule has 0 spiro atoms. The van der Waals surface area contributed by atoms with Crippen molar-refractivity contribution in [1.82, 2.24) is 9.55 Å². The van der Waals surface area contributed by atoms with Gasteiger partial charge in [-0.3, -0.25) is 0 Å². The predicted molar refractivity (Wildman–Crippen MR) is 166 cm³/mol. The van der Waals surface area contributed by atoms with Crippen molar-refractivity contribution in [2.24, 2.45) is 0 Å². The molecular weight excluding hydrogens is 574 g/mol. The summed E-state index contributed by atoms with van der Waals surface area (Å²) in [5, 5.41) is 1.08. The van der Waals surface area contributed by atoms with E-state index in [0.29, 0.717) is 45.9 Å². The molecule has 42 heavy (non-hydrogen) atoms. The smallest absolute Gasteiger partial charge is 0.337 e. The van der Waals surface area contributed by atoms with Crippen LogP contribution in [0.1, 0.15) is 34.2 Å². The second-order valence-electron chi connectivity index (χ2n) is 9.47. The first-order chi connectivity index (χ1) is 20.3. The molecule has 0 radical (unpaired) electrons. The van der Waals surface area contributed by atoms with E-state index in [4.69, 9.17) is 37.7 Å². The number of nitrogens with zero attached hydrogens (tertiary/aromatic N) is 2. The number of methoxy groups -OCH3 is 1. The van der Waals surface area contributed by atoms with Crippen LogP contribution in [0.25, 0.3) is 34.5 Å². The van der Waals surface area contributed by atoms with Gasteiger partial charge in [-0.2, -0.15) is 0 Å². The van der Waals surface area contributed by atoms with Gasteiger partial charge < -0.3 is 14.0 Å². The van der Waals surface area contributed by atoms with Crippen molar-refractivity contribution < 1.29 is 18.7 Å². The largest absolute Gasteiger partial charge is 0.489 e. The lowest BCUT2D eigenvalue weighted by atomic mass is 10.0. The summed E-state index contributed by atoms with van der Waals surface area (Å²) < 4.78 is 27.7. The maximum Gasteiger partial charge on any atom is 0.337 e. The van der Waals surface area contributed by atoms with E-state index in [9.17, 15) is 4.79 Å². The molecule has 5 rings (SSSR count). The minimum atomic E-state index is -0.378. The lowest BCUT2D eigenvalue weighted by Crippen LogP contribution is -2.01. The van der Waals surface area contributed by atoms with Crippen molar-refractivity contribution >= 4 is 41.3 Å². The molecule has 0 N–H and O–H groups in total. The molecule has 0 amide bonds. The summed E-state index contributed by atoms with van der Waals surface area (Å²) in [5.74, 6) is 0.658. The first-order valence-corrected chi connectivity index (χ1v) is 14.0. The zero-order chi connectivity index (χ0) is 29.6. The molecule has 0 saturated heterocycles. The van der Waals surface area contributed by atoms with Crippen LogP contribution >= 0.6 is 23.2 Å². The van der Waals surface area contributed by atoms with Crippen molar-refractivity contribution in [2.75, 3.05) is 7.11 Å². The fourth-order valence-corrected chi connectivity index (χ4v) is 4.92. The van der Waals surface area contributed by atoms with Gasteiger partial charge in [-0.1, -0.05) is 59.6 Å². The summed E-state index contributed by atoms with van der Waals surface area (Å²) in [5.41, 5.74) is 4.98. The number of rotatable bonds is 9. The van der Waals surface area contributed by atoms with Gasteiger partial charge in [-0.05, 0) is 84.3 Å².